The molecule has 0 fully saturated rings. The second-order valence-corrected chi connectivity index (χ2v) is 6.32. The number of hydrogen-bond acceptors (Lipinski definition) is 5. The molecular formula is C21H15N3O4. The Labute approximate surface area is 159 Å². The van der Waals surface area contributed by atoms with Gasteiger partial charge in [0.25, 0.3) is 0 Å². The Kier molecular flexibility index (Phi) is 3.65. The number of primary amides is 1. The highest BCUT2D eigenvalue weighted by molar-refractivity contribution is 5.96. The van der Waals surface area contributed by atoms with E-state index in [9.17, 15) is 4.79 Å². The lowest BCUT2D eigenvalue weighted by molar-refractivity contribution is 0.100. The zero-order valence-electron chi connectivity index (χ0n) is 14.6. The first-order chi connectivity index (χ1) is 13.7. The van der Waals surface area contributed by atoms with Crippen molar-refractivity contribution in [2.24, 2.45) is 5.73 Å². The van der Waals surface area contributed by atoms with E-state index in [1.807, 2.05) is 36.4 Å². The molecule has 2 heterocycles. The number of carbonyl (C=O) groups excluding carboxylic acids is 1. The molecule has 0 saturated carbocycles. The van der Waals surface area contributed by atoms with E-state index in [0.717, 1.165) is 11.1 Å². The zero-order chi connectivity index (χ0) is 19.1. The van der Waals surface area contributed by atoms with Crippen molar-refractivity contribution in [2.75, 3.05) is 6.79 Å². The van der Waals surface area contributed by atoms with Crippen LogP contribution in [0.4, 0.5) is 0 Å². The van der Waals surface area contributed by atoms with Crippen molar-refractivity contribution in [1.82, 2.24) is 9.97 Å². The molecule has 0 saturated heterocycles. The highest BCUT2D eigenvalue weighted by Gasteiger charge is 2.14. The number of carbonyl (C=O) groups is 1. The van der Waals surface area contributed by atoms with Crippen LogP contribution >= 0.6 is 0 Å². The summed E-state index contributed by atoms with van der Waals surface area (Å²) in [5, 5.41) is 0. The van der Waals surface area contributed by atoms with Crippen LogP contribution in [0.3, 0.4) is 0 Å². The van der Waals surface area contributed by atoms with Crippen LogP contribution in [0.2, 0.25) is 0 Å². The summed E-state index contributed by atoms with van der Waals surface area (Å²) in [7, 11) is 0. The van der Waals surface area contributed by atoms with E-state index in [0.29, 0.717) is 39.9 Å². The number of nitrogens with zero attached hydrogens (tertiary/aromatic N) is 1. The van der Waals surface area contributed by atoms with Gasteiger partial charge in [-0.2, -0.15) is 0 Å². The van der Waals surface area contributed by atoms with Gasteiger partial charge in [0.15, 0.2) is 11.5 Å². The minimum atomic E-state index is -0.475. The summed E-state index contributed by atoms with van der Waals surface area (Å²) < 4.78 is 16.5. The molecule has 3 aromatic carbocycles. The van der Waals surface area contributed by atoms with Crippen LogP contribution in [-0.4, -0.2) is 22.7 Å². The van der Waals surface area contributed by atoms with E-state index < -0.39 is 5.91 Å². The van der Waals surface area contributed by atoms with Crippen molar-refractivity contribution in [1.29, 1.82) is 0 Å². The number of amides is 1. The van der Waals surface area contributed by atoms with Gasteiger partial charge >= 0.3 is 0 Å². The summed E-state index contributed by atoms with van der Waals surface area (Å²) in [4.78, 5) is 19.1. The summed E-state index contributed by atoms with van der Waals surface area (Å²) in [6.07, 6.45) is 0. The van der Waals surface area contributed by atoms with Gasteiger partial charge in [0, 0.05) is 17.2 Å². The number of aromatic amines is 1. The molecule has 1 aliphatic heterocycles. The van der Waals surface area contributed by atoms with E-state index in [-0.39, 0.29) is 6.79 Å². The molecular weight excluding hydrogens is 358 g/mol. The van der Waals surface area contributed by atoms with Gasteiger partial charge in [-0.05, 0) is 54.6 Å². The second-order valence-electron chi connectivity index (χ2n) is 6.32. The first kappa shape index (κ1) is 16.2. The molecule has 0 bridgehead atoms. The first-order valence-electron chi connectivity index (χ1n) is 8.63. The van der Waals surface area contributed by atoms with Gasteiger partial charge in [-0.3, -0.25) is 4.79 Å². The van der Waals surface area contributed by atoms with E-state index in [4.69, 9.17) is 19.9 Å². The van der Waals surface area contributed by atoms with Gasteiger partial charge in [-0.25, -0.2) is 4.98 Å². The quantitative estimate of drug-likeness (QED) is 0.566. The molecule has 0 atom stereocenters. The SMILES string of the molecule is NC(=O)c1ccc2[nH]c(-c3ccc(Oc4ccc5c(c4)OCO5)cc3)nc2c1. The van der Waals surface area contributed by atoms with Gasteiger partial charge in [0.05, 0.1) is 11.0 Å². The van der Waals surface area contributed by atoms with Gasteiger partial charge in [-0.15, -0.1) is 0 Å². The Morgan fingerprint density at radius 2 is 1.75 bits per heavy atom. The predicted molar refractivity (Wildman–Crippen MR) is 103 cm³/mol. The van der Waals surface area contributed by atoms with Crippen molar-refractivity contribution in [3.8, 4) is 34.4 Å². The molecule has 3 N–H and O–H groups in total. The Bertz CT molecular complexity index is 1200. The number of rotatable bonds is 4. The molecule has 138 valence electrons. The summed E-state index contributed by atoms with van der Waals surface area (Å²) in [5.74, 6) is 2.97. The molecule has 0 unspecified atom stereocenters. The zero-order valence-corrected chi connectivity index (χ0v) is 14.6. The monoisotopic (exact) mass is 373 g/mol. The first-order valence-corrected chi connectivity index (χ1v) is 8.63. The fourth-order valence-corrected chi connectivity index (χ4v) is 3.05. The number of nitrogens with one attached hydrogen (secondary N) is 1. The largest absolute Gasteiger partial charge is 0.457 e. The summed E-state index contributed by atoms with van der Waals surface area (Å²) in [6.45, 7) is 0.228. The highest BCUT2D eigenvalue weighted by Crippen LogP contribution is 2.36. The van der Waals surface area contributed by atoms with Crippen molar-refractivity contribution >= 4 is 16.9 Å². The van der Waals surface area contributed by atoms with Crippen LogP contribution in [0.1, 0.15) is 10.4 Å². The van der Waals surface area contributed by atoms with Crippen molar-refractivity contribution in [3.63, 3.8) is 0 Å². The minimum Gasteiger partial charge on any atom is -0.457 e. The fourth-order valence-electron chi connectivity index (χ4n) is 3.05. The fraction of sp³-hybridized carbons (Fsp3) is 0.0476. The summed E-state index contributed by atoms with van der Waals surface area (Å²) >= 11 is 0. The van der Waals surface area contributed by atoms with Crippen LogP contribution < -0.4 is 19.9 Å². The average Bonchev–Trinajstić information content (AvgIpc) is 3.34. The van der Waals surface area contributed by atoms with Gasteiger partial charge in [0.1, 0.15) is 17.3 Å². The maximum Gasteiger partial charge on any atom is 0.248 e. The number of imidazole rings is 1. The number of hydrogen-bond donors (Lipinski definition) is 2. The Balaban J connectivity index is 1.39. The third kappa shape index (κ3) is 2.88. The van der Waals surface area contributed by atoms with Crippen LogP contribution in [0.15, 0.2) is 60.7 Å². The molecule has 7 nitrogen and oxygen atoms in total. The van der Waals surface area contributed by atoms with Crippen LogP contribution in [0, 0.1) is 0 Å². The van der Waals surface area contributed by atoms with Crippen molar-refractivity contribution < 1.29 is 19.0 Å². The van der Waals surface area contributed by atoms with Crippen molar-refractivity contribution in [2.45, 2.75) is 0 Å². The highest BCUT2D eigenvalue weighted by atomic mass is 16.7. The number of benzene rings is 3. The molecule has 0 aliphatic carbocycles. The molecule has 1 aromatic heterocycles. The molecule has 7 heteroatoms. The standard InChI is InChI=1S/C21H15N3O4/c22-20(25)13-3-7-16-17(9-13)24-21(23-16)12-1-4-14(5-2-12)28-15-6-8-18-19(10-15)27-11-26-18/h1-10H,11H2,(H2,22,25)(H,23,24). The topological polar surface area (TPSA) is 99.5 Å². The number of ether oxygens (including phenoxy) is 3. The van der Waals surface area contributed by atoms with Crippen LogP contribution in [0.25, 0.3) is 22.4 Å². The molecule has 5 rings (SSSR count). The van der Waals surface area contributed by atoms with E-state index in [1.165, 1.54) is 0 Å². The molecule has 1 amide bonds. The van der Waals surface area contributed by atoms with E-state index in [1.54, 1.807) is 24.3 Å². The third-order valence-corrected chi connectivity index (χ3v) is 4.48. The number of fused-ring (bicyclic) bond motifs is 2. The molecule has 0 spiro atoms. The molecule has 28 heavy (non-hydrogen) atoms. The number of H-pyrrole nitrogens is 1. The maximum absolute atomic E-state index is 11.3. The second kappa shape index (κ2) is 6.31. The number of aromatic nitrogens is 2. The lowest BCUT2D eigenvalue weighted by Gasteiger charge is -2.07. The molecule has 4 aromatic rings. The van der Waals surface area contributed by atoms with Gasteiger partial charge < -0.3 is 24.9 Å². The summed E-state index contributed by atoms with van der Waals surface area (Å²) in [6, 6.07) is 18.1. The van der Waals surface area contributed by atoms with Gasteiger partial charge in [0.2, 0.25) is 12.7 Å². The van der Waals surface area contributed by atoms with Crippen LogP contribution in [-0.2, 0) is 0 Å². The summed E-state index contributed by atoms with van der Waals surface area (Å²) in [5.41, 5.74) is 8.17. The Morgan fingerprint density at radius 3 is 2.57 bits per heavy atom. The average molecular weight is 373 g/mol. The van der Waals surface area contributed by atoms with E-state index >= 15 is 0 Å². The van der Waals surface area contributed by atoms with Crippen molar-refractivity contribution in [3.05, 3.63) is 66.2 Å². The smallest absolute Gasteiger partial charge is 0.248 e. The maximum atomic E-state index is 11.3. The third-order valence-electron chi connectivity index (χ3n) is 4.48. The van der Waals surface area contributed by atoms with Crippen LogP contribution in [0.5, 0.6) is 23.0 Å². The lowest BCUT2D eigenvalue weighted by atomic mass is 10.2. The minimum absolute atomic E-state index is 0.228. The van der Waals surface area contributed by atoms with E-state index in [2.05, 4.69) is 9.97 Å². The molecule has 1 aliphatic rings. The Hall–Kier alpha value is -4.00. The predicted octanol–water partition coefficient (Wildman–Crippen LogP) is 3.85. The normalized spacial score (nSPS) is 12.3. The lowest BCUT2D eigenvalue weighted by Crippen LogP contribution is -2.10. The number of nitrogens with two attached hydrogens (primary N) is 1. The van der Waals surface area contributed by atoms with Gasteiger partial charge in [-0.1, -0.05) is 0 Å². The Morgan fingerprint density at radius 1 is 0.964 bits per heavy atom. The molecule has 0 radical (unpaired) electrons.